The Morgan fingerprint density at radius 2 is 2.50 bits per heavy atom. The summed E-state index contributed by atoms with van der Waals surface area (Å²) in [5.41, 5.74) is 0. The van der Waals surface area contributed by atoms with Crippen molar-refractivity contribution < 1.29 is 4.74 Å². The minimum absolute atomic E-state index is 0.213. The van der Waals surface area contributed by atoms with Crippen LogP contribution in [-0.4, -0.2) is 19.4 Å². The quantitative estimate of drug-likeness (QED) is 0.570. The Morgan fingerprint density at radius 1 is 1.60 bits per heavy atom. The largest absolute Gasteiger partial charge is 0.363 e. The Labute approximate surface area is 62.0 Å². The lowest BCUT2D eigenvalue weighted by molar-refractivity contribution is -0.00257. The lowest BCUT2D eigenvalue weighted by atomic mass is 10.2. The maximum atomic E-state index is 5.37. The molecule has 1 rings (SSSR count). The molecule has 2 nitrogen and oxygen atoms in total. The van der Waals surface area contributed by atoms with Gasteiger partial charge >= 0.3 is 0 Å². The Balaban J connectivity index is 2.09. The van der Waals surface area contributed by atoms with Crippen LogP contribution in [0.15, 0.2) is 0 Å². The monoisotopic (exact) mass is 139 g/mol. The average molecular weight is 139 g/mol. The van der Waals surface area contributed by atoms with Gasteiger partial charge in [0.25, 0.3) is 0 Å². The predicted molar refractivity (Wildman–Crippen MR) is 40.4 cm³/mol. The van der Waals surface area contributed by atoms with E-state index in [1.165, 1.54) is 12.8 Å². The molecule has 0 spiro atoms. The fourth-order valence-electron chi connectivity index (χ4n) is 1.07. The van der Waals surface area contributed by atoms with Gasteiger partial charge in [0.1, 0.15) is 6.23 Å². The number of nitrogens with one attached hydrogen (secondary N) is 1. The highest BCUT2D eigenvalue weighted by molar-refractivity contribution is 4.87. The third-order valence-corrected chi connectivity index (χ3v) is 1.61. The van der Waals surface area contributed by atoms with Gasteiger partial charge in [0.15, 0.2) is 0 Å². The van der Waals surface area contributed by atoms with E-state index < -0.39 is 0 Å². The second-order valence-electron chi connectivity index (χ2n) is 2.44. The molecule has 2 heteroatoms. The fourth-order valence-corrected chi connectivity index (χ4v) is 1.07. The molecule has 1 aliphatic rings. The van der Waals surface area contributed by atoms with Gasteiger partial charge in [0.2, 0.25) is 0 Å². The minimum Gasteiger partial charge on any atom is -0.363 e. The summed E-state index contributed by atoms with van der Waals surface area (Å²) >= 11 is 0. The van der Waals surface area contributed by atoms with Crippen molar-refractivity contribution in [3.05, 3.63) is 0 Å². The second-order valence-corrected chi connectivity index (χ2v) is 2.44. The summed E-state index contributed by atoms with van der Waals surface area (Å²) in [6.07, 6.45) is 8.83. The zero-order valence-corrected chi connectivity index (χ0v) is 6.10. The van der Waals surface area contributed by atoms with Gasteiger partial charge < -0.3 is 4.74 Å². The van der Waals surface area contributed by atoms with Gasteiger partial charge in [0.05, 0.1) is 6.54 Å². The third kappa shape index (κ3) is 2.38. The van der Waals surface area contributed by atoms with E-state index in [0.717, 1.165) is 13.0 Å². The predicted octanol–water partition coefficient (Wildman–Crippen LogP) is 0.736. The van der Waals surface area contributed by atoms with Crippen LogP contribution in [-0.2, 0) is 4.74 Å². The molecule has 1 unspecified atom stereocenters. The van der Waals surface area contributed by atoms with Crippen LogP contribution in [0.25, 0.3) is 0 Å². The molecular formula is C8H13NO. The molecule has 1 fully saturated rings. The van der Waals surface area contributed by atoms with Crippen molar-refractivity contribution >= 4 is 0 Å². The van der Waals surface area contributed by atoms with E-state index in [0.29, 0.717) is 6.54 Å². The lowest BCUT2D eigenvalue weighted by Crippen LogP contribution is -2.34. The smallest absolute Gasteiger partial charge is 0.108 e. The van der Waals surface area contributed by atoms with E-state index in [2.05, 4.69) is 11.2 Å². The Kier molecular flexibility index (Phi) is 3.28. The normalized spacial score (nSPS) is 25.7. The number of ether oxygens (including phenoxy) is 1. The Bertz CT molecular complexity index is 122. The topological polar surface area (TPSA) is 21.3 Å². The summed E-state index contributed by atoms with van der Waals surface area (Å²) in [6, 6.07) is 0. The van der Waals surface area contributed by atoms with Crippen LogP contribution in [0.1, 0.15) is 19.3 Å². The summed E-state index contributed by atoms with van der Waals surface area (Å²) in [4.78, 5) is 0. The van der Waals surface area contributed by atoms with E-state index in [1.807, 2.05) is 0 Å². The van der Waals surface area contributed by atoms with Crippen LogP contribution in [0.5, 0.6) is 0 Å². The molecule has 0 aliphatic carbocycles. The van der Waals surface area contributed by atoms with Crippen LogP contribution in [0.3, 0.4) is 0 Å². The van der Waals surface area contributed by atoms with E-state index in [-0.39, 0.29) is 6.23 Å². The highest BCUT2D eigenvalue weighted by Crippen LogP contribution is 2.09. The van der Waals surface area contributed by atoms with Crippen molar-refractivity contribution in [2.45, 2.75) is 25.5 Å². The molecule has 0 aromatic rings. The van der Waals surface area contributed by atoms with Gasteiger partial charge in [-0.15, -0.1) is 6.42 Å². The maximum absolute atomic E-state index is 5.37. The second kappa shape index (κ2) is 4.32. The van der Waals surface area contributed by atoms with Crippen molar-refractivity contribution in [2.24, 2.45) is 0 Å². The summed E-state index contributed by atoms with van der Waals surface area (Å²) < 4.78 is 5.37. The fraction of sp³-hybridized carbons (Fsp3) is 0.750. The van der Waals surface area contributed by atoms with Gasteiger partial charge in [-0.05, 0) is 19.3 Å². The highest BCUT2D eigenvalue weighted by atomic mass is 16.5. The van der Waals surface area contributed by atoms with Crippen LogP contribution in [0.4, 0.5) is 0 Å². The minimum atomic E-state index is 0.213. The first kappa shape index (κ1) is 7.59. The molecule has 1 heterocycles. The van der Waals surface area contributed by atoms with E-state index in [4.69, 9.17) is 11.2 Å². The summed E-state index contributed by atoms with van der Waals surface area (Å²) in [5, 5.41) is 3.11. The van der Waals surface area contributed by atoms with Crippen molar-refractivity contribution in [3.8, 4) is 12.3 Å². The summed E-state index contributed by atoms with van der Waals surface area (Å²) in [6.45, 7) is 1.49. The molecule has 0 aromatic heterocycles. The van der Waals surface area contributed by atoms with Crippen LogP contribution in [0, 0.1) is 12.3 Å². The van der Waals surface area contributed by atoms with E-state index in [1.54, 1.807) is 0 Å². The zero-order valence-electron chi connectivity index (χ0n) is 6.10. The molecule has 1 atom stereocenters. The van der Waals surface area contributed by atoms with Gasteiger partial charge in [-0.2, -0.15) is 0 Å². The van der Waals surface area contributed by atoms with Gasteiger partial charge in [-0.25, -0.2) is 0 Å². The first-order chi connectivity index (χ1) is 4.93. The molecule has 0 saturated carbocycles. The van der Waals surface area contributed by atoms with Gasteiger partial charge in [-0.3, -0.25) is 5.32 Å². The number of rotatable bonds is 2. The molecule has 0 aromatic carbocycles. The van der Waals surface area contributed by atoms with E-state index >= 15 is 0 Å². The van der Waals surface area contributed by atoms with Crippen LogP contribution in [0.2, 0.25) is 0 Å². The molecule has 1 aliphatic heterocycles. The highest BCUT2D eigenvalue weighted by Gasteiger charge is 2.11. The Hall–Kier alpha value is -0.520. The van der Waals surface area contributed by atoms with Crippen molar-refractivity contribution in [3.63, 3.8) is 0 Å². The summed E-state index contributed by atoms with van der Waals surface area (Å²) in [7, 11) is 0. The number of terminal acetylenes is 1. The van der Waals surface area contributed by atoms with Crippen LogP contribution >= 0.6 is 0 Å². The standard InChI is InChI=1S/C8H13NO/c1-2-6-9-8-5-3-4-7-10-8/h1,8-9H,3-7H2. The molecule has 0 radical (unpaired) electrons. The first-order valence-electron chi connectivity index (χ1n) is 3.72. The number of hydrogen-bond acceptors (Lipinski definition) is 2. The third-order valence-electron chi connectivity index (χ3n) is 1.61. The molecule has 56 valence electrons. The maximum Gasteiger partial charge on any atom is 0.108 e. The molecule has 1 N–H and O–H groups in total. The van der Waals surface area contributed by atoms with Crippen molar-refractivity contribution in [1.29, 1.82) is 0 Å². The molecule has 10 heavy (non-hydrogen) atoms. The zero-order chi connectivity index (χ0) is 7.23. The van der Waals surface area contributed by atoms with Gasteiger partial charge in [-0.1, -0.05) is 5.92 Å². The van der Waals surface area contributed by atoms with Crippen LogP contribution < -0.4 is 5.32 Å². The molecule has 0 amide bonds. The molecular weight excluding hydrogens is 126 g/mol. The molecule has 0 bridgehead atoms. The summed E-state index contributed by atoms with van der Waals surface area (Å²) in [5.74, 6) is 2.52. The molecule has 1 saturated heterocycles. The first-order valence-corrected chi connectivity index (χ1v) is 3.72. The number of hydrogen-bond donors (Lipinski definition) is 1. The Morgan fingerprint density at radius 3 is 3.10 bits per heavy atom. The lowest BCUT2D eigenvalue weighted by Gasteiger charge is -2.22. The van der Waals surface area contributed by atoms with Crippen molar-refractivity contribution in [2.75, 3.05) is 13.2 Å². The van der Waals surface area contributed by atoms with E-state index in [9.17, 15) is 0 Å². The average Bonchev–Trinajstić information content (AvgIpc) is 2.03. The van der Waals surface area contributed by atoms with Crippen molar-refractivity contribution in [1.82, 2.24) is 5.32 Å². The SMILES string of the molecule is C#CCNC1CCCCO1. The van der Waals surface area contributed by atoms with Gasteiger partial charge in [0, 0.05) is 6.61 Å².